The van der Waals surface area contributed by atoms with Gasteiger partial charge in [-0.3, -0.25) is 4.79 Å². The lowest BCUT2D eigenvalue weighted by Crippen LogP contribution is -2.62. The summed E-state index contributed by atoms with van der Waals surface area (Å²) in [7, 11) is 0. The quantitative estimate of drug-likeness (QED) is 0.642. The average molecular weight is 453 g/mol. The van der Waals surface area contributed by atoms with Crippen LogP contribution in [0.3, 0.4) is 0 Å². The van der Waals surface area contributed by atoms with Crippen LogP contribution in [0.1, 0.15) is 43.7 Å². The fourth-order valence-electron chi connectivity index (χ4n) is 4.72. The number of carboxylic acid groups (broad SMARTS) is 1. The van der Waals surface area contributed by atoms with Crippen LogP contribution >= 0.6 is 0 Å². The van der Waals surface area contributed by atoms with Gasteiger partial charge in [0, 0.05) is 12.5 Å². The molecule has 3 N–H and O–H groups in total. The molecule has 2 aliphatic rings. The lowest BCUT2D eigenvalue weighted by atomic mass is 9.91. The molecular weight excluding hydrogens is 424 g/mol. The van der Waals surface area contributed by atoms with Gasteiger partial charge in [-0.15, -0.1) is 0 Å². The molecule has 1 aliphatic heterocycles. The highest BCUT2D eigenvalue weighted by Crippen LogP contribution is 2.44. The van der Waals surface area contributed by atoms with Gasteiger partial charge in [-0.05, 0) is 48.9 Å². The highest BCUT2D eigenvalue weighted by atomic mass is 16.5. The highest BCUT2D eigenvalue weighted by molar-refractivity contribution is 5.90. The van der Waals surface area contributed by atoms with Gasteiger partial charge in [0.1, 0.15) is 12.1 Å². The van der Waals surface area contributed by atoms with E-state index in [1.165, 1.54) is 18.7 Å². The highest BCUT2D eigenvalue weighted by Gasteiger charge is 2.45. The topological polar surface area (TPSA) is 116 Å². The molecule has 8 nitrogen and oxygen atoms in total. The summed E-state index contributed by atoms with van der Waals surface area (Å²) in [6, 6.07) is 16.0. The van der Waals surface area contributed by atoms with Crippen LogP contribution in [0.5, 0.6) is 0 Å². The number of carboxylic acids is 1. The number of amides is 2. The summed E-state index contributed by atoms with van der Waals surface area (Å²) in [5, 5.41) is 22.2. The number of carbonyl (C=O) groups excluding carboxylic acids is 2. The molecule has 0 saturated carbocycles. The molecule has 0 aromatic heterocycles. The van der Waals surface area contributed by atoms with Crippen molar-refractivity contribution in [3.8, 4) is 11.1 Å². The second-order valence-corrected chi connectivity index (χ2v) is 9.24. The van der Waals surface area contributed by atoms with Crippen molar-refractivity contribution in [2.75, 3.05) is 19.7 Å². The van der Waals surface area contributed by atoms with E-state index in [4.69, 9.17) is 4.74 Å². The van der Waals surface area contributed by atoms with Crippen LogP contribution in [-0.4, -0.2) is 63.9 Å². The number of nitrogens with one attached hydrogen (secondary N) is 1. The van der Waals surface area contributed by atoms with Gasteiger partial charge in [0.15, 0.2) is 5.60 Å². The summed E-state index contributed by atoms with van der Waals surface area (Å²) in [6.07, 6.45) is -0.303. The smallest absolute Gasteiger partial charge is 0.408 e. The number of hydrogen-bond acceptors (Lipinski definition) is 5. The molecule has 33 heavy (non-hydrogen) atoms. The average Bonchev–Trinajstić information content (AvgIpc) is 3.10. The summed E-state index contributed by atoms with van der Waals surface area (Å²) >= 11 is 0. The Morgan fingerprint density at radius 2 is 1.67 bits per heavy atom. The van der Waals surface area contributed by atoms with Crippen molar-refractivity contribution in [3.63, 3.8) is 0 Å². The molecule has 4 rings (SSSR count). The molecule has 174 valence electrons. The predicted molar refractivity (Wildman–Crippen MR) is 121 cm³/mol. The molecular formula is C25H28N2O6. The molecule has 0 radical (unpaired) electrons. The molecule has 1 heterocycles. The second-order valence-electron chi connectivity index (χ2n) is 9.24. The van der Waals surface area contributed by atoms with E-state index < -0.39 is 29.1 Å². The zero-order valence-electron chi connectivity index (χ0n) is 18.7. The van der Waals surface area contributed by atoms with Crippen molar-refractivity contribution >= 4 is 18.0 Å². The largest absolute Gasteiger partial charge is 0.479 e. The Morgan fingerprint density at radius 1 is 1.09 bits per heavy atom. The summed E-state index contributed by atoms with van der Waals surface area (Å²) in [6.45, 7) is 3.17. The molecule has 0 bridgehead atoms. The van der Waals surface area contributed by atoms with Gasteiger partial charge in [0.05, 0.1) is 6.54 Å². The van der Waals surface area contributed by atoms with Crippen molar-refractivity contribution in [2.45, 2.75) is 43.7 Å². The van der Waals surface area contributed by atoms with Gasteiger partial charge >= 0.3 is 12.1 Å². The third-order valence-electron chi connectivity index (χ3n) is 6.45. The lowest BCUT2D eigenvalue weighted by molar-refractivity contribution is -0.167. The molecule has 2 amide bonds. The van der Waals surface area contributed by atoms with Gasteiger partial charge in [0.2, 0.25) is 5.91 Å². The Labute approximate surface area is 192 Å². The maximum atomic E-state index is 13.0. The lowest BCUT2D eigenvalue weighted by Gasteiger charge is -2.39. The molecule has 1 atom stereocenters. The predicted octanol–water partition coefficient (Wildman–Crippen LogP) is 2.74. The number of carbonyl (C=O) groups is 3. The third-order valence-corrected chi connectivity index (χ3v) is 6.45. The standard InChI is InChI=1S/C25H28N2O6/c1-24(2,21(28)27-13-7-12-25(32,15-27)22(29)30)26-23(31)33-14-20-18-10-5-3-8-16(18)17-9-4-6-11-19(17)20/h3-6,8-11,20,32H,7,12-15H2,1-2H3,(H,26,31)(H,29,30). The monoisotopic (exact) mass is 452 g/mol. The number of aliphatic carboxylic acids is 1. The van der Waals surface area contributed by atoms with E-state index in [2.05, 4.69) is 5.32 Å². The fourth-order valence-corrected chi connectivity index (χ4v) is 4.72. The minimum absolute atomic E-state index is 0.0757. The fraction of sp³-hybridized carbons (Fsp3) is 0.400. The second kappa shape index (κ2) is 8.51. The number of benzene rings is 2. The van der Waals surface area contributed by atoms with Crippen LogP contribution in [0.15, 0.2) is 48.5 Å². The number of nitrogens with zero attached hydrogens (tertiary/aromatic N) is 1. The van der Waals surface area contributed by atoms with E-state index in [1.807, 2.05) is 48.5 Å². The molecule has 1 fully saturated rings. The minimum atomic E-state index is -1.98. The van der Waals surface area contributed by atoms with Crippen LogP contribution in [0.2, 0.25) is 0 Å². The number of aliphatic hydroxyl groups is 1. The van der Waals surface area contributed by atoms with Gasteiger partial charge < -0.3 is 25.2 Å². The maximum absolute atomic E-state index is 13.0. The summed E-state index contributed by atoms with van der Waals surface area (Å²) < 4.78 is 5.53. The first kappa shape index (κ1) is 22.8. The first-order valence-electron chi connectivity index (χ1n) is 11.0. The van der Waals surface area contributed by atoms with E-state index in [9.17, 15) is 24.6 Å². The molecule has 2 aromatic rings. The third kappa shape index (κ3) is 4.30. The Kier molecular flexibility index (Phi) is 5.88. The minimum Gasteiger partial charge on any atom is -0.479 e. The zero-order valence-corrected chi connectivity index (χ0v) is 18.7. The number of ether oxygens (including phenoxy) is 1. The Balaban J connectivity index is 1.41. The Bertz CT molecular complexity index is 1050. The van der Waals surface area contributed by atoms with Gasteiger partial charge in [0.25, 0.3) is 0 Å². The molecule has 2 aromatic carbocycles. The zero-order chi connectivity index (χ0) is 23.8. The van der Waals surface area contributed by atoms with Crippen molar-refractivity contribution in [3.05, 3.63) is 59.7 Å². The van der Waals surface area contributed by atoms with Crippen LogP contribution in [0, 0.1) is 0 Å². The number of piperidine rings is 1. The van der Waals surface area contributed by atoms with Crippen molar-refractivity contribution in [1.82, 2.24) is 10.2 Å². The van der Waals surface area contributed by atoms with Crippen LogP contribution in [0.4, 0.5) is 4.79 Å². The molecule has 1 aliphatic carbocycles. The molecule has 0 spiro atoms. The number of fused-ring (bicyclic) bond motifs is 3. The molecule has 8 heteroatoms. The van der Waals surface area contributed by atoms with E-state index in [1.54, 1.807) is 0 Å². The van der Waals surface area contributed by atoms with Crippen molar-refractivity contribution in [2.24, 2.45) is 0 Å². The van der Waals surface area contributed by atoms with Gasteiger partial charge in [-0.1, -0.05) is 48.5 Å². The van der Waals surface area contributed by atoms with E-state index in [0.717, 1.165) is 22.3 Å². The number of hydrogen-bond donors (Lipinski definition) is 3. The maximum Gasteiger partial charge on any atom is 0.408 e. The SMILES string of the molecule is CC(C)(NC(=O)OCC1c2ccccc2-c2ccccc21)C(=O)N1CCCC(O)(C(=O)O)C1. The summed E-state index contributed by atoms with van der Waals surface area (Å²) in [5.74, 6) is -1.94. The van der Waals surface area contributed by atoms with Crippen LogP contribution in [-0.2, 0) is 14.3 Å². The van der Waals surface area contributed by atoms with E-state index >= 15 is 0 Å². The molecule has 1 saturated heterocycles. The Hall–Kier alpha value is -3.39. The number of rotatable bonds is 5. The van der Waals surface area contributed by atoms with Crippen LogP contribution < -0.4 is 5.32 Å². The molecule has 1 unspecified atom stereocenters. The number of β-amino-alcohol motifs (C(OH)–C–C–N with tert-alkyl or cyclic N) is 1. The number of alkyl carbamates (subject to hydrolysis) is 1. The van der Waals surface area contributed by atoms with Crippen LogP contribution in [0.25, 0.3) is 11.1 Å². The first-order valence-corrected chi connectivity index (χ1v) is 11.0. The van der Waals surface area contributed by atoms with E-state index in [0.29, 0.717) is 13.0 Å². The van der Waals surface area contributed by atoms with Crippen molar-refractivity contribution < 1.29 is 29.3 Å². The van der Waals surface area contributed by atoms with Crippen molar-refractivity contribution in [1.29, 1.82) is 0 Å². The Morgan fingerprint density at radius 3 is 2.24 bits per heavy atom. The summed E-state index contributed by atoms with van der Waals surface area (Å²) in [5.41, 5.74) is 1.10. The normalized spacial score (nSPS) is 20.0. The first-order chi connectivity index (χ1) is 15.6. The van der Waals surface area contributed by atoms with E-state index in [-0.39, 0.29) is 25.5 Å². The van der Waals surface area contributed by atoms with Gasteiger partial charge in [-0.25, -0.2) is 9.59 Å². The number of likely N-dealkylation sites (tertiary alicyclic amines) is 1. The summed E-state index contributed by atoms with van der Waals surface area (Å²) in [4.78, 5) is 38.3. The van der Waals surface area contributed by atoms with Gasteiger partial charge in [-0.2, -0.15) is 0 Å².